The van der Waals surface area contributed by atoms with E-state index in [0.717, 1.165) is 30.0 Å². The first-order valence-electron chi connectivity index (χ1n) is 11.6. The van der Waals surface area contributed by atoms with Gasteiger partial charge in [-0.25, -0.2) is 4.98 Å². The second-order valence-electron chi connectivity index (χ2n) is 9.14. The highest BCUT2D eigenvalue weighted by molar-refractivity contribution is 5.86. The van der Waals surface area contributed by atoms with E-state index in [4.69, 9.17) is 10.1 Å². The first-order valence-corrected chi connectivity index (χ1v) is 11.6. The fraction of sp³-hybridized carbons (Fsp3) is 0.538. The van der Waals surface area contributed by atoms with E-state index >= 15 is 0 Å². The summed E-state index contributed by atoms with van der Waals surface area (Å²) in [5.41, 5.74) is 11.0. The normalized spacial score (nSPS) is 13.2. The van der Waals surface area contributed by atoms with E-state index in [1.54, 1.807) is 0 Å². The van der Waals surface area contributed by atoms with Crippen LogP contribution in [0, 0.1) is 34.6 Å². The predicted molar refractivity (Wildman–Crippen MR) is 134 cm³/mol. The SMILES string of the molecule is CCCC(CCC)N1CCc2c(C)nc3c(-c4c(C)cc(C)cc4C)c(C)nn3c21.Cl. The molecule has 0 aliphatic carbocycles. The maximum absolute atomic E-state index is 5.11. The quantitative estimate of drug-likeness (QED) is 0.428. The van der Waals surface area contributed by atoms with Gasteiger partial charge < -0.3 is 4.90 Å². The summed E-state index contributed by atoms with van der Waals surface area (Å²) in [4.78, 5) is 7.74. The summed E-state index contributed by atoms with van der Waals surface area (Å²) in [5.74, 6) is 1.29. The summed E-state index contributed by atoms with van der Waals surface area (Å²) in [5, 5.41) is 5.07. The molecule has 5 heteroatoms. The first kappa shape index (κ1) is 23.6. The molecule has 3 heterocycles. The van der Waals surface area contributed by atoms with Crippen molar-refractivity contribution in [2.45, 2.75) is 86.6 Å². The summed E-state index contributed by atoms with van der Waals surface area (Å²) in [6, 6.07) is 5.13. The number of fused-ring (bicyclic) bond motifs is 3. The van der Waals surface area contributed by atoms with Crippen molar-refractivity contribution in [2.75, 3.05) is 11.4 Å². The zero-order valence-electron chi connectivity index (χ0n) is 20.2. The molecule has 2 aromatic heterocycles. The maximum Gasteiger partial charge on any atom is 0.165 e. The number of anilines is 1. The summed E-state index contributed by atoms with van der Waals surface area (Å²) in [6.07, 6.45) is 5.98. The van der Waals surface area contributed by atoms with Crippen molar-refractivity contribution >= 4 is 23.9 Å². The Hall–Kier alpha value is -2.07. The van der Waals surface area contributed by atoms with Gasteiger partial charge in [-0.1, -0.05) is 44.4 Å². The summed E-state index contributed by atoms with van der Waals surface area (Å²) < 4.78 is 2.16. The minimum atomic E-state index is 0. The highest BCUT2D eigenvalue weighted by Gasteiger charge is 2.31. The van der Waals surface area contributed by atoms with E-state index in [1.807, 2.05) is 0 Å². The van der Waals surface area contributed by atoms with Gasteiger partial charge in [0.25, 0.3) is 0 Å². The molecule has 0 bridgehead atoms. The standard InChI is InChI=1S/C26H36N4.ClH/c1-8-10-21(11-9-2)29-13-12-22-19(6)27-25-24(20(7)28-30(25)26(22)29)23-17(4)14-16(3)15-18(23)5;/h14-15,21H,8-13H2,1-7H3;1H. The molecule has 1 aliphatic heterocycles. The van der Waals surface area contributed by atoms with Crippen LogP contribution in [-0.2, 0) is 6.42 Å². The van der Waals surface area contributed by atoms with E-state index in [9.17, 15) is 0 Å². The molecule has 1 aliphatic rings. The number of benzene rings is 1. The van der Waals surface area contributed by atoms with Crippen molar-refractivity contribution in [3.8, 4) is 11.1 Å². The van der Waals surface area contributed by atoms with Crippen molar-refractivity contribution < 1.29 is 0 Å². The van der Waals surface area contributed by atoms with Gasteiger partial charge in [0.2, 0.25) is 0 Å². The van der Waals surface area contributed by atoms with Gasteiger partial charge in [0.05, 0.1) is 11.3 Å². The Bertz CT molecular complexity index is 1070. The minimum Gasteiger partial charge on any atom is -0.353 e. The molecule has 0 atom stereocenters. The van der Waals surface area contributed by atoms with Crippen LogP contribution in [0.2, 0.25) is 0 Å². The van der Waals surface area contributed by atoms with Crippen LogP contribution >= 0.6 is 12.4 Å². The Kier molecular flexibility index (Phi) is 7.00. The van der Waals surface area contributed by atoms with Crippen molar-refractivity contribution in [3.05, 3.63) is 45.8 Å². The molecule has 0 spiro atoms. The van der Waals surface area contributed by atoms with E-state index in [1.165, 1.54) is 64.9 Å². The van der Waals surface area contributed by atoms with Gasteiger partial charge in [-0.3, -0.25) is 0 Å². The predicted octanol–water partition coefficient (Wildman–Crippen LogP) is 6.69. The molecule has 4 rings (SSSR count). The lowest BCUT2D eigenvalue weighted by Gasteiger charge is -2.30. The van der Waals surface area contributed by atoms with Gasteiger partial charge >= 0.3 is 0 Å². The van der Waals surface area contributed by atoms with E-state index in [2.05, 4.69) is 70.0 Å². The lowest BCUT2D eigenvalue weighted by Crippen LogP contribution is -2.35. The zero-order valence-corrected chi connectivity index (χ0v) is 21.0. The Morgan fingerprint density at radius 1 is 0.903 bits per heavy atom. The zero-order chi connectivity index (χ0) is 21.6. The Balaban J connectivity index is 0.00000272. The maximum atomic E-state index is 5.11. The molecular weight excluding hydrogens is 404 g/mol. The van der Waals surface area contributed by atoms with Crippen LogP contribution in [0.15, 0.2) is 12.1 Å². The topological polar surface area (TPSA) is 33.4 Å². The molecule has 0 radical (unpaired) electrons. The molecule has 3 aromatic rings. The largest absolute Gasteiger partial charge is 0.353 e. The second kappa shape index (κ2) is 9.20. The summed E-state index contributed by atoms with van der Waals surface area (Å²) in [6.45, 7) is 16.6. The molecule has 31 heavy (non-hydrogen) atoms. The molecule has 1 aromatic carbocycles. The van der Waals surface area contributed by atoms with Gasteiger partial charge in [-0.15, -0.1) is 12.4 Å². The Labute approximate surface area is 193 Å². The van der Waals surface area contributed by atoms with Crippen LogP contribution in [0.1, 0.15) is 73.2 Å². The number of rotatable bonds is 6. The molecular formula is C26H37ClN4. The van der Waals surface area contributed by atoms with Crippen LogP contribution in [0.4, 0.5) is 5.82 Å². The summed E-state index contributed by atoms with van der Waals surface area (Å²) >= 11 is 0. The van der Waals surface area contributed by atoms with Crippen molar-refractivity contribution in [1.29, 1.82) is 0 Å². The molecule has 0 amide bonds. The fourth-order valence-electron chi connectivity index (χ4n) is 5.55. The van der Waals surface area contributed by atoms with E-state index in [0.29, 0.717) is 6.04 Å². The molecule has 4 nitrogen and oxygen atoms in total. The van der Waals surface area contributed by atoms with Gasteiger partial charge in [0.15, 0.2) is 5.65 Å². The van der Waals surface area contributed by atoms with Crippen LogP contribution in [-0.4, -0.2) is 27.2 Å². The highest BCUT2D eigenvalue weighted by atomic mass is 35.5. The lowest BCUT2D eigenvalue weighted by atomic mass is 9.94. The number of aromatic nitrogens is 3. The molecule has 0 N–H and O–H groups in total. The van der Waals surface area contributed by atoms with Crippen LogP contribution < -0.4 is 4.90 Å². The van der Waals surface area contributed by atoms with E-state index < -0.39 is 0 Å². The average molecular weight is 441 g/mol. The number of halogens is 1. The lowest BCUT2D eigenvalue weighted by molar-refractivity contribution is 0.508. The smallest absolute Gasteiger partial charge is 0.165 e. The van der Waals surface area contributed by atoms with Crippen LogP contribution in [0.3, 0.4) is 0 Å². The Morgan fingerprint density at radius 3 is 2.10 bits per heavy atom. The molecule has 0 saturated heterocycles. The first-order chi connectivity index (χ1) is 14.4. The monoisotopic (exact) mass is 440 g/mol. The third kappa shape index (κ3) is 3.95. The van der Waals surface area contributed by atoms with Crippen LogP contribution in [0.25, 0.3) is 16.8 Å². The van der Waals surface area contributed by atoms with Crippen molar-refractivity contribution in [3.63, 3.8) is 0 Å². The number of hydrogen-bond acceptors (Lipinski definition) is 3. The molecule has 0 unspecified atom stereocenters. The Morgan fingerprint density at radius 2 is 1.52 bits per heavy atom. The van der Waals surface area contributed by atoms with Gasteiger partial charge in [0.1, 0.15) is 5.82 Å². The minimum absolute atomic E-state index is 0. The van der Waals surface area contributed by atoms with Crippen LogP contribution in [0.5, 0.6) is 0 Å². The van der Waals surface area contributed by atoms with Crippen molar-refractivity contribution in [1.82, 2.24) is 14.6 Å². The average Bonchev–Trinajstić information content (AvgIpc) is 3.24. The second-order valence-corrected chi connectivity index (χ2v) is 9.14. The summed E-state index contributed by atoms with van der Waals surface area (Å²) in [7, 11) is 0. The van der Waals surface area contributed by atoms with Crippen molar-refractivity contribution in [2.24, 2.45) is 0 Å². The third-order valence-electron chi connectivity index (χ3n) is 6.70. The fourth-order valence-corrected chi connectivity index (χ4v) is 5.55. The number of hydrogen-bond donors (Lipinski definition) is 0. The third-order valence-corrected chi connectivity index (χ3v) is 6.70. The van der Waals surface area contributed by atoms with Gasteiger partial charge in [0, 0.05) is 23.8 Å². The van der Waals surface area contributed by atoms with E-state index in [-0.39, 0.29) is 12.4 Å². The number of aryl methyl sites for hydroxylation is 5. The van der Waals surface area contributed by atoms with Gasteiger partial charge in [-0.05, 0) is 70.6 Å². The molecule has 0 fully saturated rings. The highest BCUT2D eigenvalue weighted by Crippen LogP contribution is 2.39. The number of nitrogens with zero attached hydrogens (tertiary/aromatic N) is 4. The molecule has 0 saturated carbocycles. The van der Waals surface area contributed by atoms with Gasteiger partial charge in [-0.2, -0.15) is 9.61 Å². The molecule has 168 valence electrons.